The summed E-state index contributed by atoms with van der Waals surface area (Å²) in [5.74, 6) is -1.17. The molecule has 0 aliphatic heterocycles. The van der Waals surface area contributed by atoms with Gasteiger partial charge in [0.15, 0.2) is 0 Å². The van der Waals surface area contributed by atoms with Crippen molar-refractivity contribution in [2.75, 3.05) is 7.11 Å². The van der Waals surface area contributed by atoms with Crippen LogP contribution in [0.15, 0.2) is 5.10 Å². The summed E-state index contributed by atoms with van der Waals surface area (Å²) in [5.41, 5.74) is 2.81. The molecule has 1 saturated carbocycles. The minimum atomic E-state index is -0.822. The van der Waals surface area contributed by atoms with Gasteiger partial charge >= 0.3 is 12.1 Å². The van der Waals surface area contributed by atoms with Crippen LogP contribution in [0, 0.1) is 5.92 Å². The van der Waals surface area contributed by atoms with Crippen molar-refractivity contribution in [3.63, 3.8) is 0 Å². The standard InChI is InChI=1S/C7H10N2O4/c1-13-7(12)9-8-5-2-4(3-5)6(10)11/h4H,2-3H2,1H3,(H,9,12)(H,10,11). The van der Waals surface area contributed by atoms with Crippen molar-refractivity contribution in [2.45, 2.75) is 12.8 Å². The zero-order valence-corrected chi connectivity index (χ0v) is 7.11. The van der Waals surface area contributed by atoms with E-state index < -0.39 is 12.1 Å². The summed E-state index contributed by atoms with van der Waals surface area (Å²) in [5, 5.41) is 12.2. The van der Waals surface area contributed by atoms with Gasteiger partial charge in [0.05, 0.1) is 13.0 Å². The molecule has 0 saturated heterocycles. The first kappa shape index (κ1) is 9.50. The summed E-state index contributed by atoms with van der Waals surface area (Å²) in [4.78, 5) is 20.9. The summed E-state index contributed by atoms with van der Waals surface area (Å²) in [6.45, 7) is 0. The van der Waals surface area contributed by atoms with Gasteiger partial charge in [-0.1, -0.05) is 0 Å². The van der Waals surface area contributed by atoms with Crippen LogP contribution < -0.4 is 5.43 Å². The van der Waals surface area contributed by atoms with E-state index in [-0.39, 0.29) is 5.92 Å². The van der Waals surface area contributed by atoms with E-state index in [1.165, 1.54) is 7.11 Å². The van der Waals surface area contributed by atoms with Crippen LogP contribution in [0.25, 0.3) is 0 Å². The molecule has 1 aliphatic carbocycles. The number of methoxy groups -OCH3 is 1. The van der Waals surface area contributed by atoms with Gasteiger partial charge in [0, 0.05) is 18.6 Å². The zero-order valence-electron chi connectivity index (χ0n) is 7.11. The SMILES string of the molecule is COC(=O)NN=C1CC(C(=O)O)C1. The molecule has 1 amide bonds. The summed E-state index contributed by atoms with van der Waals surface area (Å²) < 4.78 is 4.27. The maximum atomic E-state index is 10.5. The van der Waals surface area contributed by atoms with Crippen molar-refractivity contribution in [3.05, 3.63) is 0 Å². The minimum absolute atomic E-state index is 0.349. The van der Waals surface area contributed by atoms with Crippen molar-refractivity contribution >= 4 is 17.8 Å². The number of carboxylic acids is 1. The smallest absolute Gasteiger partial charge is 0.427 e. The maximum absolute atomic E-state index is 10.5. The van der Waals surface area contributed by atoms with Crippen molar-refractivity contribution in [1.82, 2.24) is 5.43 Å². The van der Waals surface area contributed by atoms with Gasteiger partial charge in [-0.2, -0.15) is 5.10 Å². The number of hydrogen-bond donors (Lipinski definition) is 2. The number of nitrogens with one attached hydrogen (secondary N) is 1. The lowest BCUT2D eigenvalue weighted by molar-refractivity contribution is -0.142. The van der Waals surface area contributed by atoms with E-state index in [0.717, 1.165) is 0 Å². The lowest BCUT2D eigenvalue weighted by Gasteiger charge is -2.23. The van der Waals surface area contributed by atoms with Crippen LogP contribution in [0.2, 0.25) is 0 Å². The number of rotatable bonds is 2. The van der Waals surface area contributed by atoms with Crippen molar-refractivity contribution < 1.29 is 19.4 Å². The third-order valence-electron chi connectivity index (χ3n) is 1.80. The van der Waals surface area contributed by atoms with Crippen molar-refractivity contribution in [2.24, 2.45) is 11.0 Å². The van der Waals surface area contributed by atoms with Gasteiger partial charge in [-0.15, -0.1) is 0 Å². The second-order valence-electron chi connectivity index (χ2n) is 2.72. The predicted molar refractivity (Wildman–Crippen MR) is 43.3 cm³/mol. The number of carbonyl (C=O) groups is 2. The van der Waals surface area contributed by atoms with Crippen molar-refractivity contribution in [3.8, 4) is 0 Å². The van der Waals surface area contributed by atoms with E-state index in [4.69, 9.17) is 5.11 Å². The molecule has 6 nitrogen and oxygen atoms in total. The number of amides is 1. The zero-order chi connectivity index (χ0) is 9.84. The first-order valence-corrected chi connectivity index (χ1v) is 3.75. The molecule has 0 atom stereocenters. The average Bonchev–Trinajstić information content (AvgIpc) is 2.00. The third-order valence-corrected chi connectivity index (χ3v) is 1.80. The highest BCUT2D eigenvalue weighted by atomic mass is 16.5. The van der Waals surface area contributed by atoms with Gasteiger partial charge < -0.3 is 9.84 Å². The van der Waals surface area contributed by atoms with Gasteiger partial charge in [0.25, 0.3) is 0 Å². The molecule has 1 rings (SSSR count). The molecule has 13 heavy (non-hydrogen) atoms. The number of ether oxygens (including phenoxy) is 1. The van der Waals surface area contributed by atoms with Crippen LogP contribution in [0.5, 0.6) is 0 Å². The first-order chi connectivity index (χ1) is 6.13. The van der Waals surface area contributed by atoms with Gasteiger partial charge in [0.1, 0.15) is 0 Å². The predicted octanol–water partition coefficient (Wildman–Crippen LogP) is 0.193. The first-order valence-electron chi connectivity index (χ1n) is 3.75. The Labute approximate surface area is 74.6 Å². The van der Waals surface area contributed by atoms with Crippen LogP contribution in [0.4, 0.5) is 4.79 Å². The fourth-order valence-electron chi connectivity index (χ4n) is 0.945. The van der Waals surface area contributed by atoms with E-state index >= 15 is 0 Å². The summed E-state index contributed by atoms with van der Waals surface area (Å²) >= 11 is 0. The van der Waals surface area contributed by atoms with Gasteiger partial charge in [-0.25, -0.2) is 10.2 Å². The van der Waals surface area contributed by atoms with Crippen LogP contribution in [0.1, 0.15) is 12.8 Å². The molecule has 0 spiro atoms. The lowest BCUT2D eigenvalue weighted by Crippen LogP contribution is -2.32. The molecular formula is C7H10N2O4. The lowest BCUT2D eigenvalue weighted by atomic mass is 9.83. The monoisotopic (exact) mass is 186 g/mol. The van der Waals surface area contributed by atoms with Crippen LogP contribution >= 0.6 is 0 Å². The van der Waals surface area contributed by atoms with Gasteiger partial charge in [-0.3, -0.25) is 4.79 Å². The highest BCUT2D eigenvalue weighted by Crippen LogP contribution is 2.23. The molecular weight excluding hydrogens is 176 g/mol. The Balaban J connectivity index is 2.27. The van der Waals surface area contributed by atoms with Crippen LogP contribution in [0.3, 0.4) is 0 Å². The Morgan fingerprint density at radius 1 is 1.62 bits per heavy atom. The number of hydrazone groups is 1. The number of carbonyl (C=O) groups excluding carboxylic acids is 1. The second-order valence-corrected chi connectivity index (χ2v) is 2.72. The summed E-state index contributed by atoms with van der Waals surface area (Å²) in [6, 6.07) is 0. The Morgan fingerprint density at radius 2 is 2.23 bits per heavy atom. The molecule has 6 heteroatoms. The highest BCUT2D eigenvalue weighted by molar-refractivity contribution is 5.97. The molecule has 0 unspecified atom stereocenters. The molecule has 72 valence electrons. The summed E-state index contributed by atoms with van der Waals surface area (Å²) in [7, 11) is 1.23. The molecule has 1 aliphatic rings. The molecule has 0 aromatic carbocycles. The third kappa shape index (κ3) is 2.43. The number of carboxylic acid groups (broad SMARTS) is 1. The van der Waals surface area contributed by atoms with Gasteiger partial charge in [-0.05, 0) is 0 Å². The molecule has 0 bridgehead atoms. The molecule has 0 aromatic rings. The number of nitrogens with zero attached hydrogens (tertiary/aromatic N) is 1. The molecule has 1 fully saturated rings. The van der Waals surface area contributed by atoms with Crippen LogP contribution in [-0.4, -0.2) is 30.0 Å². The van der Waals surface area contributed by atoms with E-state index in [2.05, 4.69) is 15.3 Å². The molecule has 0 radical (unpaired) electrons. The largest absolute Gasteiger partial charge is 0.481 e. The maximum Gasteiger partial charge on any atom is 0.427 e. The Morgan fingerprint density at radius 3 is 2.69 bits per heavy atom. The Hall–Kier alpha value is -1.59. The van der Waals surface area contributed by atoms with E-state index in [9.17, 15) is 9.59 Å². The highest BCUT2D eigenvalue weighted by Gasteiger charge is 2.31. The van der Waals surface area contributed by atoms with E-state index in [1.54, 1.807) is 0 Å². The minimum Gasteiger partial charge on any atom is -0.481 e. The Kier molecular flexibility index (Phi) is 2.84. The van der Waals surface area contributed by atoms with Gasteiger partial charge in [0.2, 0.25) is 0 Å². The number of hydrogen-bond acceptors (Lipinski definition) is 4. The van der Waals surface area contributed by atoms with E-state index in [0.29, 0.717) is 18.6 Å². The summed E-state index contributed by atoms with van der Waals surface area (Å²) in [6.07, 6.45) is 0.157. The fourth-order valence-corrected chi connectivity index (χ4v) is 0.945. The normalized spacial score (nSPS) is 20.1. The second kappa shape index (κ2) is 3.88. The quantitative estimate of drug-likeness (QED) is 0.602. The molecule has 0 heterocycles. The fraction of sp³-hybridized carbons (Fsp3) is 0.571. The van der Waals surface area contributed by atoms with Crippen molar-refractivity contribution in [1.29, 1.82) is 0 Å². The Bertz CT molecular complexity index is 253. The molecule has 0 aromatic heterocycles. The van der Waals surface area contributed by atoms with Crippen LogP contribution in [-0.2, 0) is 9.53 Å². The average molecular weight is 186 g/mol. The molecule has 2 N–H and O–H groups in total. The van der Waals surface area contributed by atoms with E-state index in [1.807, 2.05) is 0 Å². The number of aliphatic carboxylic acids is 1. The topological polar surface area (TPSA) is 88.0 Å².